The maximum absolute atomic E-state index is 14.7. The van der Waals surface area contributed by atoms with Crippen molar-refractivity contribution >= 4 is 34.4 Å². The van der Waals surface area contributed by atoms with Crippen LogP contribution in [0.3, 0.4) is 0 Å². The minimum atomic E-state index is -4.86. The summed E-state index contributed by atoms with van der Waals surface area (Å²) in [5, 5.41) is 0. The fourth-order valence-corrected chi connectivity index (χ4v) is 10.9. The molecule has 0 saturated carbocycles. The molecule has 0 amide bonds. The highest BCUT2D eigenvalue weighted by Gasteiger charge is 2.57. The van der Waals surface area contributed by atoms with Crippen molar-refractivity contribution in [2.75, 3.05) is 19.0 Å². The van der Waals surface area contributed by atoms with Gasteiger partial charge in [-0.25, -0.2) is 0 Å². The SMILES string of the molecule is CN(C)c1ccc(C2(c3ccc(C(F)(F)F)cc3)C=C3c4cc(-c5ccc(C(F)(F)F)cc5)sc4-c4ccc(C(F)(F)F)cc4C3(c3ccc(C(F)(F)F)cc3)S2)cc1. The molecule has 2 atom stereocenters. The summed E-state index contributed by atoms with van der Waals surface area (Å²) in [7, 11) is 3.59. The molecule has 8 rings (SSSR count). The van der Waals surface area contributed by atoms with Gasteiger partial charge in [0.05, 0.1) is 31.7 Å². The van der Waals surface area contributed by atoms with Crippen molar-refractivity contribution in [2.24, 2.45) is 0 Å². The molecule has 0 radical (unpaired) electrons. The second kappa shape index (κ2) is 13.7. The molecule has 2 heterocycles. The van der Waals surface area contributed by atoms with E-state index in [1.54, 1.807) is 50.5 Å². The molecule has 15 heteroatoms. The summed E-state index contributed by atoms with van der Waals surface area (Å²) in [4.78, 5) is 2.71. The van der Waals surface area contributed by atoms with E-state index in [2.05, 4.69) is 0 Å². The number of hydrogen-bond donors (Lipinski definition) is 0. The Kier molecular flexibility index (Phi) is 9.43. The molecule has 2 aliphatic rings. The molecule has 5 aromatic carbocycles. The molecule has 304 valence electrons. The third kappa shape index (κ3) is 6.89. The molecule has 0 saturated heterocycles. The van der Waals surface area contributed by atoms with Gasteiger partial charge in [0.15, 0.2) is 0 Å². The van der Waals surface area contributed by atoms with E-state index in [4.69, 9.17) is 0 Å². The lowest BCUT2D eigenvalue weighted by Gasteiger charge is -2.41. The largest absolute Gasteiger partial charge is 0.416 e. The van der Waals surface area contributed by atoms with Crippen molar-refractivity contribution in [3.05, 3.63) is 177 Å². The van der Waals surface area contributed by atoms with Gasteiger partial charge in [-0.1, -0.05) is 60.7 Å². The van der Waals surface area contributed by atoms with Crippen molar-refractivity contribution in [3.8, 4) is 20.9 Å². The van der Waals surface area contributed by atoms with Crippen LogP contribution in [0.15, 0.2) is 127 Å². The second-order valence-electron chi connectivity index (χ2n) is 14.4. The maximum Gasteiger partial charge on any atom is 0.416 e. The Balaban J connectivity index is 1.47. The standard InChI is InChI=1S/C44H27F12NS2/c1-57(2)32-18-15-26(16-19-32)39(25-7-11-29(12-8-25)42(48,49)50)23-36-34-22-37(24-3-5-28(6-4-24)41(45,46)47)58-38(34)33-20-17-31(44(54,55)56)21-35(33)40(36,59-39)27-9-13-30(14-10-27)43(51,52)53/h3-23H,1-2H3. The molecule has 1 aromatic heterocycles. The first-order valence-electron chi connectivity index (χ1n) is 17.6. The summed E-state index contributed by atoms with van der Waals surface area (Å²) in [6.07, 6.45) is -17.2. The molecule has 1 aliphatic carbocycles. The first-order valence-corrected chi connectivity index (χ1v) is 19.3. The quantitative estimate of drug-likeness (QED) is 0.159. The van der Waals surface area contributed by atoms with Gasteiger partial charge in [-0.05, 0) is 111 Å². The van der Waals surface area contributed by atoms with Crippen LogP contribution in [-0.4, -0.2) is 14.1 Å². The number of fused-ring (bicyclic) bond motifs is 6. The van der Waals surface area contributed by atoms with Crippen LogP contribution >= 0.6 is 23.1 Å². The Bertz CT molecular complexity index is 2580. The van der Waals surface area contributed by atoms with Crippen molar-refractivity contribution < 1.29 is 52.7 Å². The normalized spacial score (nSPS) is 19.2. The molecule has 0 spiro atoms. The van der Waals surface area contributed by atoms with Gasteiger partial charge in [-0.2, -0.15) is 52.7 Å². The Morgan fingerprint density at radius 2 is 0.915 bits per heavy atom. The summed E-state index contributed by atoms with van der Waals surface area (Å²) >= 11 is 2.18. The monoisotopic (exact) mass is 861 g/mol. The lowest BCUT2D eigenvalue weighted by atomic mass is 9.72. The smallest absolute Gasteiger partial charge is 0.378 e. The zero-order chi connectivity index (χ0) is 42.5. The number of alkyl halides is 12. The van der Waals surface area contributed by atoms with Crippen LogP contribution in [0.2, 0.25) is 0 Å². The predicted octanol–water partition coefficient (Wildman–Crippen LogP) is 14.6. The Hall–Kier alpha value is -5.15. The lowest BCUT2D eigenvalue weighted by molar-refractivity contribution is -0.138. The maximum atomic E-state index is 14.7. The molecular formula is C44H27F12NS2. The van der Waals surface area contributed by atoms with Crippen molar-refractivity contribution in [3.63, 3.8) is 0 Å². The molecule has 0 fully saturated rings. The zero-order valence-corrected chi connectivity index (χ0v) is 32.1. The van der Waals surface area contributed by atoms with Crippen LogP contribution < -0.4 is 4.90 Å². The molecule has 1 aliphatic heterocycles. The fourth-order valence-electron chi connectivity index (χ4n) is 7.69. The highest BCUT2D eigenvalue weighted by atomic mass is 32.2. The van der Waals surface area contributed by atoms with E-state index in [0.717, 1.165) is 77.3 Å². The average Bonchev–Trinajstić information content (AvgIpc) is 3.79. The number of rotatable bonds is 5. The third-order valence-electron chi connectivity index (χ3n) is 10.6. The van der Waals surface area contributed by atoms with Gasteiger partial charge in [0.25, 0.3) is 0 Å². The molecule has 59 heavy (non-hydrogen) atoms. The molecular weight excluding hydrogens is 835 g/mol. The van der Waals surface area contributed by atoms with E-state index in [1.165, 1.54) is 42.5 Å². The molecule has 0 N–H and O–H groups in total. The van der Waals surface area contributed by atoms with Crippen molar-refractivity contribution in [1.29, 1.82) is 0 Å². The second-order valence-corrected chi connectivity index (χ2v) is 16.9. The van der Waals surface area contributed by atoms with Crippen LogP contribution in [0.5, 0.6) is 0 Å². The Labute approximate surface area is 337 Å². The van der Waals surface area contributed by atoms with Gasteiger partial charge in [-0.3, -0.25) is 0 Å². The van der Waals surface area contributed by atoms with Crippen molar-refractivity contribution in [1.82, 2.24) is 0 Å². The predicted molar refractivity (Wildman–Crippen MR) is 206 cm³/mol. The van der Waals surface area contributed by atoms with Crippen molar-refractivity contribution in [2.45, 2.75) is 34.2 Å². The number of benzene rings is 5. The molecule has 2 unspecified atom stereocenters. The molecule has 1 nitrogen and oxygen atoms in total. The van der Waals surface area contributed by atoms with E-state index in [-0.39, 0.29) is 11.1 Å². The third-order valence-corrected chi connectivity index (χ3v) is 13.7. The summed E-state index contributed by atoms with van der Waals surface area (Å²) < 4.78 is 165. The van der Waals surface area contributed by atoms with E-state index in [9.17, 15) is 52.7 Å². The van der Waals surface area contributed by atoms with Crippen LogP contribution in [0.4, 0.5) is 58.4 Å². The van der Waals surface area contributed by atoms with E-state index in [1.807, 2.05) is 4.90 Å². The Morgan fingerprint density at radius 1 is 0.475 bits per heavy atom. The zero-order valence-electron chi connectivity index (χ0n) is 30.4. The average molecular weight is 862 g/mol. The van der Waals surface area contributed by atoms with Gasteiger partial charge >= 0.3 is 24.7 Å². The number of halogens is 12. The first kappa shape index (κ1) is 40.6. The van der Waals surface area contributed by atoms with Gasteiger partial charge in [0.2, 0.25) is 0 Å². The van der Waals surface area contributed by atoms with E-state index >= 15 is 0 Å². The Morgan fingerprint density at radius 3 is 1.39 bits per heavy atom. The van der Waals surface area contributed by atoms with Crippen LogP contribution in [0.25, 0.3) is 26.5 Å². The minimum absolute atomic E-state index is 0.0651. The summed E-state index contributed by atoms with van der Waals surface area (Å²) in [5.74, 6) is 0. The number of thiophene rings is 1. The van der Waals surface area contributed by atoms with Gasteiger partial charge < -0.3 is 4.90 Å². The number of anilines is 1. The number of thioether (sulfide) groups is 1. The first-order chi connectivity index (χ1) is 27.5. The fraction of sp³-hybridized carbons (Fsp3) is 0.182. The van der Waals surface area contributed by atoms with Crippen LogP contribution in [0, 0.1) is 0 Å². The topological polar surface area (TPSA) is 3.24 Å². The molecule has 0 bridgehead atoms. The highest BCUT2D eigenvalue weighted by molar-refractivity contribution is 8.02. The van der Waals surface area contributed by atoms with E-state index in [0.29, 0.717) is 43.1 Å². The highest BCUT2D eigenvalue weighted by Crippen LogP contribution is 2.72. The van der Waals surface area contributed by atoms with Crippen LogP contribution in [0.1, 0.15) is 50.1 Å². The van der Waals surface area contributed by atoms with Gasteiger partial charge in [0.1, 0.15) is 0 Å². The lowest BCUT2D eigenvalue weighted by Crippen LogP contribution is -2.30. The summed E-state index contributed by atoms with van der Waals surface area (Å²) in [6, 6.07) is 24.6. The van der Waals surface area contributed by atoms with Gasteiger partial charge in [-0.15, -0.1) is 23.1 Å². The number of hydrogen-bond acceptors (Lipinski definition) is 3. The van der Waals surface area contributed by atoms with E-state index < -0.39 is 56.5 Å². The summed E-state index contributed by atoms with van der Waals surface area (Å²) in [5.41, 5.74) is -0.669. The molecule has 6 aromatic rings. The minimum Gasteiger partial charge on any atom is -0.378 e. The summed E-state index contributed by atoms with van der Waals surface area (Å²) in [6.45, 7) is 0. The van der Waals surface area contributed by atoms with Gasteiger partial charge in [0, 0.05) is 29.5 Å². The van der Waals surface area contributed by atoms with Crippen LogP contribution in [-0.2, 0) is 34.2 Å². The number of nitrogens with zero attached hydrogens (tertiary/aromatic N) is 1.